The number of aliphatic hydroxyl groups is 1. The number of carboxylic acid groups (broad SMARTS) is 1. The van der Waals surface area contributed by atoms with Crippen molar-refractivity contribution in [2.75, 3.05) is 32.8 Å². The second-order valence-corrected chi connectivity index (χ2v) is 6.01. The zero-order chi connectivity index (χ0) is 13.7. The SMILES string of the molecule is O=C(O)C1CC(NCCCO)CN(CC2CCC2)C1. The van der Waals surface area contributed by atoms with Gasteiger partial charge in [0.25, 0.3) is 0 Å². The van der Waals surface area contributed by atoms with Gasteiger partial charge in [0.05, 0.1) is 5.92 Å². The Morgan fingerprint density at radius 2 is 2.11 bits per heavy atom. The van der Waals surface area contributed by atoms with Crippen molar-refractivity contribution in [3.63, 3.8) is 0 Å². The van der Waals surface area contributed by atoms with Crippen molar-refractivity contribution < 1.29 is 15.0 Å². The first-order valence-corrected chi connectivity index (χ1v) is 7.48. The van der Waals surface area contributed by atoms with Gasteiger partial charge in [0.1, 0.15) is 0 Å². The Hall–Kier alpha value is -0.650. The highest BCUT2D eigenvalue weighted by molar-refractivity contribution is 5.70. The highest BCUT2D eigenvalue weighted by Gasteiger charge is 2.32. The second kappa shape index (κ2) is 7.22. The Bertz CT molecular complexity index is 294. The molecular formula is C14H26N2O3. The number of piperidine rings is 1. The van der Waals surface area contributed by atoms with Gasteiger partial charge in [-0.3, -0.25) is 4.79 Å². The number of hydrogen-bond donors (Lipinski definition) is 3. The lowest BCUT2D eigenvalue weighted by molar-refractivity contribution is -0.144. The van der Waals surface area contributed by atoms with Crippen LogP contribution in [0, 0.1) is 11.8 Å². The first kappa shape index (κ1) is 14.8. The minimum Gasteiger partial charge on any atom is -0.481 e. The molecule has 1 aliphatic heterocycles. The Kier molecular flexibility index (Phi) is 5.60. The minimum absolute atomic E-state index is 0.188. The highest BCUT2D eigenvalue weighted by Crippen LogP contribution is 2.29. The standard InChI is InChI=1S/C14H26N2O3/c17-6-2-5-15-13-7-12(14(18)19)9-16(10-13)8-11-3-1-4-11/h11-13,15,17H,1-10H2,(H,18,19). The van der Waals surface area contributed by atoms with E-state index in [9.17, 15) is 9.90 Å². The van der Waals surface area contributed by atoms with Gasteiger partial charge < -0.3 is 20.4 Å². The molecule has 0 aromatic carbocycles. The fraction of sp³-hybridized carbons (Fsp3) is 0.929. The molecule has 1 saturated heterocycles. The molecule has 0 radical (unpaired) electrons. The summed E-state index contributed by atoms with van der Waals surface area (Å²) in [7, 11) is 0. The fourth-order valence-electron chi connectivity index (χ4n) is 3.09. The Balaban J connectivity index is 1.82. The van der Waals surface area contributed by atoms with Crippen LogP contribution in [0.5, 0.6) is 0 Å². The Labute approximate surface area is 115 Å². The number of aliphatic carboxylic acids is 1. The van der Waals surface area contributed by atoms with Gasteiger partial charge in [-0.2, -0.15) is 0 Å². The number of aliphatic hydroxyl groups excluding tert-OH is 1. The number of carbonyl (C=O) groups is 1. The molecule has 110 valence electrons. The molecule has 5 nitrogen and oxygen atoms in total. The van der Waals surface area contributed by atoms with Crippen molar-refractivity contribution in [3.8, 4) is 0 Å². The van der Waals surface area contributed by atoms with E-state index >= 15 is 0 Å². The van der Waals surface area contributed by atoms with Crippen LogP contribution in [-0.2, 0) is 4.79 Å². The molecule has 3 N–H and O–H groups in total. The third-order valence-electron chi connectivity index (χ3n) is 4.38. The summed E-state index contributed by atoms with van der Waals surface area (Å²) in [4.78, 5) is 13.6. The van der Waals surface area contributed by atoms with Crippen LogP contribution in [0.3, 0.4) is 0 Å². The Morgan fingerprint density at radius 1 is 1.32 bits per heavy atom. The molecule has 2 rings (SSSR count). The molecule has 1 saturated carbocycles. The predicted molar refractivity (Wildman–Crippen MR) is 73.0 cm³/mol. The van der Waals surface area contributed by atoms with Gasteiger partial charge in [0.2, 0.25) is 0 Å². The second-order valence-electron chi connectivity index (χ2n) is 6.01. The van der Waals surface area contributed by atoms with E-state index in [0.717, 1.165) is 32.0 Å². The molecule has 1 aliphatic carbocycles. The molecule has 19 heavy (non-hydrogen) atoms. The molecule has 0 bridgehead atoms. The van der Waals surface area contributed by atoms with Gasteiger partial charge in [-0.15, -0.1) is 0 Å². The maximum Gasteiger partial charge on any atom is 0.307 e. The van der Waals surface area contributed by atoms with Crippen LogP contribution in [0.4, 0.5) is 0 Å². The van der Waals surface area contributed by atoms with Crippen LogP contribution in [0.25, 0.3) is 0 Å². The highest BCUT2D eigenvalue weighted by atomic mass is 16.4. The van der Waals surface area contributed by atoms with Crippen LogP contribution in [0.2, 0.25) is 0 Å². The lowest BCUT2D eigenvalue weighted by Crippen LogP contribution is -2.52. The fourth-order valence-corrected chi connectivity index (χ4v) is 3.09. The summed E-state index contributed by atoms with van der Waals surface area (Å²) in [6.07, 6.45) is 5.38. The molecule has 2 aliphatic rings. The average Bonchev–Trinajstić information content (AvgIpc) is 2.34. The molecule has 2 atom stereocenters. The number of hydrogen-bond acceptors (Lipinski definition) is 4. The van der Waals surface area contributed by atoms with Gasteiger partial charge in [-0.05, 0) is 38.1 Å². The van der Waals surface area contributed by atoms with Gasteiger partial charge in [0, 0.05) is 32.3 Å². The molecule has 0 aromatic rings. The zero-order valence-corrected chi connectivity index (χ0v) is 11.6. The first-order valence-electron chi connectivity index (χ1n) is 7.48. The van der Waals surface area contributed by atoms with Crippen molar-refractivity contribution in [3.05, 3.63) is 0 Å². The van der Waals surface area contributed by atoms with Crippen LogP contribution >= 0.6 is 0 Å². The number of likely N-dealkylation sites (tertiary alicyclic amines) is 1. The normalized spacial score (nSPS) is 29.1. The maximum absolute atomic E-state index is 11.3. The lowest BCUT2D eigenvalue weighted by atomic mass is 9.84. The Morgan fingerprint density at radius 3 is 2.68 bits per heavy atom. The van der Waals surface area contributed by atoms with Gasteiger partial charge in [-0.1, -0.05) is 6.42 Å². The van der Waals surface area contributed by atoms with Crippen molar-refractivity contribution in [2.24, 2.45) is 11.8 Å². The largest absolute Gasteiger partial charge is 0.481 e. The van der Waals surface area contributed by atoms with Crippen molar-refractivity contribution in [2.45, 2.75) is 38.1 Å². The summed E-state index contributed by atoms with van der Waals surface area (Å²) < 4.78 is 0. The lowest BCUT2D eigenvalue weighted by Gasteiger charge is -2.40. The number of nitrogens with one attached hydrogen (secondary N) is 1. The van der Waals surface area contributed by atoms with E-state index in [1.54, 1.807) is 0 Å². The van der Waals surface area contributed by atoms with Crippen LogP contribution in [0.1, 0.15) is 32.1 Å². The van der Waals surface area contributed by atoms with Crippen LogP contribution < -0.4 is 5.32 Å². The summed E-state index contributed by atoms with van der Waals surface area (Å²) in [6.45, 7) is 3.66. The number of carboxylic acids is 1. The quantitative estimate of drug-likeness (QED) is 0.589. The van der Waals surface area contributed by atoms with Gasteiger partial charge in [-0.25, -0.2) is 0 Å². The van der Waals surface area contributed by atoms with E-state index in [4.69, 9.17) is 5.11 Å². The summed E-state index contributed by atoms with van der Waals surface area (Å²) >= 11 is 0. The van der Waals surface area contributed by atoms with E-state index in [-0.39, 0.29) is 18.6 Å². The molecule has 2 unspecified atom stereocenters. The van der Waals surface area contributed by atoms with Gasteiger partial charge in [0.15, 0.2) is 0 Å². The van der Waals surface area contributed by atoms with E-state index in [1.165, 1.54) is 19.3 Å². The molecule has 0 aromatic heterocycles. The summed E-state index contributed by atoms with van der Waals surface area (Å²) in [6, 6.07) is 0.251. The molecular weight excluding hydrogens is 244 g/mol. The monoisotopic (exact) mass is 270 g/mol. The third-order valence-corrected chi connectivity index (χ3v) is 4.38. The molecule has 2 fully saturated rings. The number of rotatable bonds is 7. The van der Waals surface area contributed by atoms with Crippen LogP contribution in [0.15, 0.2) is 0 Å². The van der Waals surface area contributed by atoms with Crippen LogP contribution in [-0.4, -0.2) is 59.9 Å². The third kappa shape index (κ3) is 4.44. The van der Waals surface area contributed by atoms with Crippen molar-refractivity contribution >= 4 is 5.97 Å². The van der Waals surface area contributed by atoms with Crippen molar-refractivity contribution in [1.82, 2.24) is 10.2 Å². The minimum atomic E-state index is -0.674. The van der Waals surface area contributed by atoms with Crippen molar-refractivity contribution in [1.29, 1.82) is 0 Å². The maximum atomic E-state index is 11.3. The molecule has 5 heteroatoms. The molecule has 0 spiro atoms. The topological polar surface area (TPSA) is 72.8 Å². The van der Waals surface area contributed by atoms with E-state index in [2.05, 4.69) is 10.2 Å². The summed E-state index contributed by atoms with van der Waals surface area (Å²) in [5, 5.41) is 21.4. The number of nitrogens with zero attached hydrogens (tertiary/aromatic N) is 1. The molecule has 1 heterocycles. The summed E-state index contributed by atoms with van der Waals surface area (Å²) in [5.74, 6) is -0.140. The van der Waals surface area contributed by atoms with E-state index in [0.29, 0.717) is 13.0 Å². The smallest absolute Gasteiger partial charge is 0.307 e. The van der Waals surface area contributed by atoms with E-state index < -0.39 is 5.97 Å². The predicted octanol–water partition coefficient (Wildman–Crippen LogP) is 0.534. The average molecular weight is 270 g/mol. The van der Waals surface area contributed by atoms with Gasteiger partial charge >= 0.3 is 5.97 Å². The van der Waals surface area contributed by atoms with E-state index in [1.807, 2.05) is 0 Å². The molecule has 0 amide bonds. The zero-order valence-electron chi connectivity index (χ0n) is 11.6. The first-order chi connectivity index (χ1) is 9.19. The summed E-state index contributed by atoms with van der Waals surface area (Å²) in [5.41, 5.74) is 0.